The molecule has 23 heavy (non-hydrogen) atoms. The van der Waals surface area contributed by atoms with Gasteiger partial charge in [0, 0.05) is 44.3 Å². The highest BCUT2D eigenvalue weighted by molar-refractivity contribution is 5.81. The Labute approximate surface area is 134 Å². The number of carbonyl (C=O) groups excluding carboxylic acids is 1. The number of primary amides is 1. The Kier molecular flexibility index (Phi) is 4.52. The summed E-state index contributed by atoms with van der Waals surface area (Å²) in [6.45, 7) is 3.03. The molecular formula is C17H19FN4O. The lowest BCUT2D eigenvalue weighted by Crippen LogP contribution is -2.50. The number of hydrogen-bond acceptors (Lipinski definition) is 4. The van der Waals surface area contributed by atoms with Gasteiger partial charge in [-0.2, -0.15) is 0 Å². The molecular weight excluding hydrogens is 295 g/mol. The predicted octanol–water partition coefficient (Wildman–Crippen LogP) is 1.57. The minimum atomic E-state index is -0.518. The van der Waals surface area contributed by atoms with Gasteiger partial charge in [-0.15, -0.1) is 0 Å². The van der Waals surface area contributed by atoms with Crippen molar-refractivity contribution >= 4 is 11.6 Å². The van der Waals surface area contributed by atoms with E-state index < -0.39 is 11.9 Å². The van der Waals surface area contributed by atoms with Crippen molar-refractivity contribution in [1.82, 2.24) is 9.88 Å². The van der Waals surface area contributed by atoms with Crippen molar-refractivity contribution in [2.45, 2.75) is 6.04 Å². The van der Waals surface area contributed by atoms with Gasteiger partial charge in [0.25, 0.3) is 0 Å². The van der Waals surface area contributed by atoms with Gasteiger partial charge >= 0.3 is 0 Å². The van der Waals surface area contributed by atoms with Crippen LogP contribution in [-0.4, -0.2) is 42.0 Å². The molecule has 2 N–H and O–H groups in total. The van der Waals surface area contributed by atoms with E-state index in [4.69, 9.17) is 5.73 Å². The standard InChI is InChI=1S/C17H19FN4O/c18-14-3-1-13(2-4-14)16(17(19)23)22-11-9-21(10-12-22)15-5-7-20-8-6-15/h1-8,16H,9-12H2,(H2,19,23)/t16-/m1/s1. The van der Waals surface area contributed by atoms with Crippen molar-refractivity contribution in [2.24, 2.45) is 5.73 Å². The Bertz CT molecular complexity index is 654. The monoisotopic (exact) mass is 314 g/mol. The molecule has 1 amide bonds. The maximum atomic E-state index is 13.1. The molecule has 2 aromatic rings. The number of hydrogen-bond donors (Lipinski definition) is 1. The quantitative estimate of drug-likeness (QED) is 0.930. The highest BCUT2D eigenvalue weighted by Crippen LogP contribution is 2.24. The van der Waals surface area contributed by atoms with Crippen molar-refractivity contribution in [1.29, 1.82) is 0 Å². The molecule has 6 heteroatoms. The van der Waals surface area contributed by atoms with E-state index in [2.05, 4.69) is 9.88 Å². The number of halogens is 1. The molecule has 1 aliphatic heterocycles. The molecule has 1 aromatic carbocycles. The van der Waals surface area contributed by atoms with Crippen LogP contribution in [0.25, 0.3) is 0 Å². The molecule has 120 valence electrons. The molecule has 1 fully saturated rings. The van der Waals surface area contributed by atoms with E-state index in [0.717, 1.165) is 24.3 Å². The van der Waals surface area contributed by atoms with Crippen LogP contribution < -0.4 is 10.6 Å². The number of benzene rings is 1. The van der Waals surface area contributed by atoms with E-state index in [9.17, 15) is 9.18 Å². The summed E-state index contributed by atoms with van der Waals surface area (Å²) in [5, 5.41) is 0. The van der Waals surface area contributed by atoms with E-state index >= 15 is 0 Å². The van der Waals surface area contributed by atoms with Gasteiger partial charge in [0.2, 0.25) is 5.91 Å². The predicted molar refractivity (Wildman–Crippen MR) is 86.4 cm³/mol. The maximum Gasteiger partial charge on any atom is 0.239 e. The van der Waals surface area contributed by atoms with Gasteiger partial charge in [-0.1, -0.05) is 12.1 Å². The third-order valence-corrected chi connectivity index (χ3v) is 4.16. The van der Waals surface area contributed by atoms with E-state index in [0.29, 0.717) is 13.1 Å². The van der Waals surface area contributed by atoms with Crippen LogP contribution in [0.1, 0.15) is 11.6 Å². The first-order chi connectivity index (χ1) is 11.1. The zero-order valence-electron chi connectivity index (χ0n) is 12.7. The molecule has 0 bridgehead atoms. The molecule has 0 aliphatic carbocycles. The molecule has 0 radical (unpaired) electrons. The normalized spacial score (nSPS) is 17.0. The van der Waals surface area contributed by atoms with Crippen LogP contribution in [0, 0.1) is 5.82 Å². The first kappa shape index (κ1) is 15.4. The number of anilines is 1. The Hall–Kier alpha value is -2.47. The number of nitrogens with two attached hydrogens (primary N) is 1. The molecule has 1 saturated heterocycles. The number of pyridine rings is 1. The number of piperazine rings is 1. The molecule has 0 unspecified atom stereocenters. The van der Waals surface area contributed by atoms with Crippen LogP contribution in [0.2, 0.25) is 0 Å². The molecule has 3 rings (SSSR count). The Morgan fingerprint density at radius 1 is 1.04 bits per heavy atom. The van der Waals surface area contributed by atoms with Gasteiger partial charge in [-0.25, -0.2) is 4.39 Å². The SMILES string of the molecule is NC(=O)[C@@H](c1ccc(F)cc1)N1CCN(c2ccncc2)CC1. The van der Waals surface area contributed by atoms with E-state index in [1.807, 2.05) is 17.0 Å². The zero-order chi connectivity index (χ0) is 16.2. The van der Waals surface area contributed by atoms with Crippen molar-refractivity contribution in [2.75, 3.05) is 31.1 Å². The summed E-state index contributed by atoms with van der Waals surface area (Å²) in [6.07, 6.45) is 3.54. The second-order valence-electron chi connectivity index (χ2n) is 5.58. The van der Waals surface area contributed by atoms with Crippen molar-refractivity contribution < 1.29 is 9.18 Å². The van der Waals surface area contributed by atoms with E-state index in [1.165, 1.54) is 12.1 Å². The summed E-state index contributed by atoms with van der Waals surface area (Å²) in [5.74, 6) is -0.728. The largest absolute Gasteiger partial charge is 0.369 e. The molecule has 1 atom stereocenters. The second-order valence-corrected chi connectivity index (χ2v) is 5.58. The lowest BCUT2D eigenvalue weighted by atomic mass is 10.0. The first-order valence-electron chi connectivity index (χ1n) is 7.59. The van der Waals surface area contributed by atoms with E-state index in [-0.39, 0.29) is 5.82 Å². The topological polar surface area (TPSA) is 62.5 Å². The Balaban J connectivity index is 1.71. The van der Waals surface area contributed by atoms with Crippen LogP contribution in [0.15, 0.2) is 48.8 Å². The van der Waals surface area contributed by atoms with Crippen LogP contribution in [0.4, 0.5) is 10.1 Å². The Morgan fingerprint density at radius 3 is 2.22 bits per heavy atom. The number of nitrogens with zero attached hydrogens (tertiary/aromatic N) is 3. The molecule has 0 spiro atoms. The van der Waals surface area contributed by atoms with Gasteiger partial charge in [-0.05, 0) is 29.8 Å². The molecule has 5 nitrogen and oxygen atoms in total. The van der Waals surface area contributed by atoms with Gasteiger partial charge in [0.15, 0.2) is 0 Å². The first-order valence-corrected chi connectivity index (χ1v) is 7.59. The maximum absolute atomic E-state index is 13.1. The van der Waals surface area contributed by atoms with Crippen molar-refractivity contribution in [3.8, 4) is 0 Å². The van der Waals surface area contributed by atoms with Gasteiger partial charge in [0.1, 0.15) is 11.9 Å². The fourth-order valence-electron chi connectivity index (χ4n) is 2.99. The average molecular weight is 314 g/mol. The summed E-state index contributed by atoms with van der Waals surface area (Å²) in [5.41, 5.74) is 7.44. The number of carbonyl (C=O) groups is 1. The fraction of sp³-hybridized carbons (Fsp3) is 0.294. The smallest absolute Gasteiger partial charge is 0.239 e. The second kappa shape index (κ2) is 6.75. The summed E-state index contributed by atoms with van der Waals surface area (Å²) in [6, 6.07) is 9.40. The summed E-state index contributed by atoms with van der Waals surface area (Å²) >= 11 is 0. The minimum Gasteiger partial charge on any atom is -0.369 e. The number of rotatable bonds is 4. The third-order valence-electron chi connectivity index (χ3n) is 4.16. The van der Waals surface area contributed by atoms with Crippen molar-refractivity contribution in [3.63, 3.8) is 0 Å². The number of amides is 1. The molecule has 1 aliphatic rings. The van der Waals surface area contributed by atoms with Crippen LogP contribution >= 0.6 is 0 Å². The van der Waals surface area contributed by atoms with Gasteiger partial charge < -0.3 is 10.6 Å². The van der Waals surface area contributed by atoms with Crippen LogP contribution in [0.3, 0.4) is 0 Å². The van der Waals surface area contributed by atoms with E-state index in [1.54, 1.807) is 24.5 Å². The molecule has 1 aromatic heterocycles. The Morgan fingerprint density at radius 2 is 1.65 bits per heavy atom. The summed E-state index contributed by atoms with van der Waals surface area (Å²) < 4.78 is 13.1. The molecule has 2 heterocycles. The molecule has 0 saturated carbocycles. The summed E-state index contributed by atoms with van der Waals surface area (Å²) in [4.78, 5) is 20.2. The average Bonchev–Trinajstić information content (AvgIpc) is 2.58. The number of aromatic nitrogens is 1. The summed E-state index contributed by atoms with van der Waals surface area (Å²) in [7, 11) is 0. The van der Waals surface area contributed by atoms with Crippen LogP contribution in [-0.2, 0) is 4.79 Å². The van der Waals surface area contributed by atoms with Gasteiger partial charge in [-0.3, -0.25) is 14.7 Å². The third kappa shape index (κ3) is 3.48. The lowest BCUT2D eigenvalue weighted by molar-refractivity contribution is -0.123. The lowest BCUT2D eigenvalue weighted by Gasteiger charge is -2.39. The van der Waals surface area contributed by atoms with Crippen molar-refractivity contribution in [3.05, 3.63) is 60.2 Å². The van der Waals surface area contributed by atoms with Crippen LogP contribution in [0.5, 0.6) is 0 Å². The zero-order valence-corrected chi connectivity index (χ0v) is 12.7. The van der Waals surface area contributed by atoms with Gasteiger partial charge in [0.05, 0.1) is 0 Å². The highest BCUT2D eigenvalue weighted by atomic mass is 19.1. The highest BCUT2D eigenvalue weighted by Gasteiger charge is 2.29. The minimum absolute atomic E-state index is 0.320. The fourth-order valence-corrected chi connectivity index (χ4v) is 2.99.